The predicted octanol–water partition coefficient (Wildman–Crippen LogP) is 6.08. The van der Waals surface area contributed by atoms with E-state index in [1.807, 2.05) is 36.4 Å². The number of nitrogens with one attached hydrogen (secondary N) is 1. The van der Waals surface area contributed by atoms with Gasteiger partial charge in [0.2, 0.25) is 5.95 Å². The number of rotatable bonds is 8. The zero-order valence-corrected chi connectivity index (χ0v) is 20.8. The normalized spacial score (nSPS) is 16.5. The van der Waals surface area contributed by atoms with E-state index < -0.39 is 0 Å². The molecule has 38 heavy (non-hydrogen) atoms. The number of hydrogen-bond acceptors (Lipinski definition) is 6. The Morgan fingerprint density at radius 3 is 2.63 bits per heavy atom. The number of aromatic nitrogens is 5. The summed E-state index contributed by atoms with van der Waals surface area (Å²) in [7, 11) is 0. The molecule has 8 heteroatoms. The summed E-state index contributed by atoms with van der Waals surface area (Å²) in [4.78, 5) is 18.8. The van der Waals surface area contributed by atoms with Gasteiger partial charge in [-0.1, -0.05) is 12.1 Å². The highest BCUT2D eigenvalue weighted by molar-refractivity contribution is 5.84. The Balaban J connectivity index is 1.26. The number of anilines is 1. The zero-order chi connectivity index (χ0) is 25.5. The van der Waals surface area contributed by atoms with Crippen LogP contribution in [0.1, 0.15) is 31.1 Å². The Kier molecular flexibility index (Phi) is 5.72. The lowest BCUT2D eigenvalue weighted by Crippen LogP contribution is -2.15. The van der Waals surface area contributed by atoms with Crippen molar-refractivity contribution in [2.45, 2.75) is 31.7 Å². The lowest BCUT2D eigenvalue weighted by atomic mass is 10.1. The molecule has 7 rings (SSSR count). The van der Waals surface area contributed by atoms with Gasteiger partial charge < -0.3 is 14.6 Å². The van der Waals surface area contributed by atoms with Gasteiger partial charge in [0.05, 0.1) is 28.6 Å². The van der Waals surface area contributed by atoms with Gasteiger partial charge in [-0.3, -0.25) is 4.98 Å². The third-order valence-corrected chi connectivity index (χ3v) is 7.35. The average Bonchev–Trinajstić information content (AvgIpc) is 3.59. The summed E-state index contributed by atoms with van der Waals surface area (Å²) >= 11 is 0. The molecule has 0 saturated heterocycles. The monoisotopic (exact) mass is 506 g/mol. The summed E-state index contributed by atoms with van der Waals surface area (Å²) < 4.78 is 22.4. The van der Waals surface area contributed by atoms with Gasteiger partial charge in [0, 0.05) is 36.3 Å². The molecule has 0 amide bonds. The standard InChI is InChI=1S/C30H27FN6O/c31-21-9-7-20(8-10-21)28-29(25-13-15-33-30(35-25)34-17-19-5-6-19)37-22(11-12-27(37)36-28)18-38-26-14-16-32-24-4-2-1-3-23(24)26/h1-4,7-10,13-16,19,22H,5-6,11-12,17-18H2,(H,33,34,35)/t22-/m0/s1. The van der Waals surface area contributed by atoms with E-state index in [4.69, 9.17) is 14.7 Å². The minimum atomic E-state index is -0.272. The lowest BCUT2D eigenvalue weighted by Gasteiger charge is -2.19. The highest BCUT2D eigenvalue weighted by Gasteiger charge is 2.31. The number of nitrogens with zero attached hydrogens (tertiary/aromatic N) is 5. The molecular weight excluding hydrogens is 479 g/mol. The maximum atomic E-state index is 13.8. The van der Waals surface area contributed by atoms with Crippen molar-refractivity contribution in [2.75, 3.05) is 18.5 Å². The van der Waals surface area contributed by atoms with Crippen LogP contribution in [0.15, 0.2) is 73.1 Å². The SMILES string of the molecule is Fc1ccc(-c2nc3n(c2-c2ccnc(NCC4CC4)n2)[C@H](COc2ccnc4ccccc24)CC3)cc1. The van der Waals surface area contributed by atoms with Crippen LogP contribution in [0.5, 0.6) is 5.75 Å². The topological polar surface area (TPSA) is 77.8 Å². The first-order valence-corrected chi connectivity index (χ1v) is 13.1. The van der Waals surface area contributed by atoms with Gasteiger partial charge in [-0.05, 0) is 73.7 Å². The predicted molar refractivity (Wildman–Crippen MR) is 144 cm³/mol. The molecule has 190 valence electrons. The second-order valence-electron chi connectivity index (χ2n) is 10.0. The Hall–Kier alpha value is -4.33. The summed E-state index contributed by atoms with van der Waals surface area (Å²) in [6, 6.07) is 18.4. The smallest absolute Gasteiger partial charge is 0.223 e. The number of para-hydroxylation sites is 1. The summed E-state index contributed by atoms with van der Waals surface area (Å²) in [5.74, 6) is 2.86. The van der Waals surface area contributed by atoms with Crippen LogP contribution in [0.2, 0.25) is 0 Å². The van der Waals surface area contributed by atoms with Gasteiger partial charge in [0.1, 0.15) is 24.0 Å². The summed E-state index contributed by atoms with van der Waals surface area (Å²) in [6.45, 7) is 1.38. The molecule has 1 atom stereocenters. The summed E-state index contributed by atoms with van der Waals surface area (Å²) in [5.41, 5.74) is 4.26. The Morgan fingerprint density at radius 1 is 0.921 bits per heavy atom. The van der Waals surface area contributed by atoms with E-state index in [0.717, 1.165) is 64.5 Å². The molecule has 2 aromatic carbocycles. The first-order chi connectivity index (χ1) is 18.7. The van der Waals surface area contributed by atoms with Crippen LogP contribution in [0, 0.1) is 11.7 Å². The number of halogens is 1. The molecule has 0 radical (unpaired) electrons. The molecule has 1 aliphatic carbocycles. The van der Waals surface area contributed by atoms with E-state index in [2.05, 4.69) is 19.9 Å². The first-order valence-electron chi connectivity index (χ1n) is 13.1. The van der Waals surface area contributed by atoms with Crippen molar-refractivity contribution in [3.8, 4) is 28.4 Å². The molecule has 0 unspecified atom stereocenters. The second kappa shape index (κ2) is 9.52. The van der Waals surface area contributed by atoms with Gasteiger partial charge in [0.25, 0.3) is 0 Å². The third-order valence-electron chi connectivity index (χ3n) is 7.35. The van der Waals surface area contributed by atoms with Crippen LogP contribution in [0.25, 0.3) is 33.5 Å². The van der Waals surface area contributed by atoms with Crippen molar-refractivity contribution in [2.24, 2.45) is 5.92 Å². The molecule has 4 heterocycles. The maximum Gasteiger partial charge on any atom is 0.223 e. The summed E-state index contributed by atoms with van der Waals surface area (Å²) in [6.07, 6.45) is 7.83. The molecule has 0 bridgehead atoms. The van der Waals surface area contributed by atoms with E-state index in [1.54, 1.807) is 24.5 Å². The van der Waals surface area contributed by atoms with Crippen LogP contribution in [0.3, 0.4) is 0 Å². The van der Waals surface area contributed by atoms with Crippen molar-refractivity contribution < 1.29 is 9.13 Å². The third kappa shape index (κ3) is 4.36. The molecule has 1 saturated carbocycles. The maximum absolute atomic E-state index is 13.8. The fourth-order valence-electron chi connectivity index (χ4n) is 5.20. The quantitative estimate of drug-likeness (QED) is 0.275. The van der Waals surface area contributed by atoms with Crippen molar-refractivity contribution in [3.05, 3.63) is 84.7 Å². The van der Waals surface area contributed by atoms with E-state index >= 15 is 0 Å². The van der Waals surface area contributed by atoms with Gasteiger partial charge >= 0.3 is 0 Å². The Morgan fingerprint density at radius 2 is 1.76 bits per heavy atom. The van der Waals surface area contributed by atoms with E-state index in [9.17, 15) is 4.39 Å². The molecule has 0 spiro atoms. The average molecular weight is 507 g/mol. The molecule has 1 aliphatic heterocycles. The van der Waals surface area contributed by atoms with Gasteiger partial charge in [-0.25, -0.2) is 19.3 Å². The minimum Gasteiger partial charge on any atom is -0.491 e. The largest absolute Gasteiger partial charge is 0.491 e. The molecule has 2 aliphatic rings. The second-order valence-corrected chi connectivity index (χ2v) is 10.0. The number of imidazole rings is 1. The van der Waals surface area contributed by atoms with Crippen LogP contribution < -0.4 is 10.1 Å². The van der Waals surface area contributed by atoms with E-state index in [0.29, 0.717) is 18.5 Å². The first kappa shape index (κ1) is 22.8. The number of aryl methyl sites for hydroxylation is 1. The number of pyridine rings is 1. The number of fused-ring (bicyclic) bond motifs is 2. The minimum absolute atomic E-state index is 0.0754. The Labute approximate surface area is 219 Å². The van der Waals surface area contributed by atoms with Gasteiger partial charge in [-0.2, -0.15) is 0 Å². The molecule has 7 nitrogen and oxygen atoms in total. The Bertz CT molecular complexity index is 1610. The van der Waals surface area contributed by atoms with Crippen LogP contribution >= 0.6 is 0 Å². The number of hydrogen-bond donors (Lipinski definition) is 1. The number of benzene rings is 2. The van der Waals surface area contributed by atoms with Crippen LogP contribution in [0.4, 0.5) is 10.3 Å². The van der Waals surface area contributed by atoms with Crippen molar-refractivity contribution >= 4 is 16.9 Å². The summed E-state index contributed by atoms with van der Waals surface area (Å²) in [5, 5.41) is 4.38. The van der Waals surface area contributed by atoms with Crippen molar-refractivity contribution in [3.63, 3.8) is 0 Å². The van der Waals surface area contributed by atoms with Crippen LogP contribution in [-0.2, 0) is 6.42 Å². The van der Waals surface area contributed by atoms with Gasteiger partial charge in [0.15, 0.2) is 0 Å². The van der Waals surface area contributed by atoms with E-state index in [1.165, 1.54) is 25.0 Å². The highest BCUT2D eigenvalue weighted by Crippen LogP contribution is 2.40. The van der Waals surface area contributed by atoms with Gasteiger partial charge in [-0.15, -0.1) is 0 Å². The van der Waals surface area contributed by atoms with Crippen LogP contribution in [-0.4, -0.2) is 37.7 Å². The van der Waals surface area contributed by atoms with E-state index in [-0.39, 0.29) is 11.9 Å². The number of ether oxygens (including phenoxy) is 1. The van der Waals surface area contributed by atoms with Crippen molar-refractivity contribution in [1.29, 1.82) is 0 Å². The fourth-order valence-corrected chi connectivity index (χ4v) is 5.20. The highest BCUT2D eigenvalue weighted by atomic mass is 19.1. The molecular formula is C30H27FN6O. The zero-order valence-electron chi connectivity index (χ0n) is 20.8. The fraction of sp³-hybridized carbons (Fsp3) is 0.267. The molecule has 1 N–H and O–H groups in total. The van der Waals surface area contributed by atoms with Crippen molar-refractivity contribution in [1.82, 2.24) is 24.5 Å². The molecule has 3 aromatic heterocycles. The molecule has 1 fully saturated rings. The lowest BCUT2D eigenvalue weighted by molar-refractivity contribution is 0.258. The molecule has 5 aromatic rings.